The smallest absolute Gasteiger partial charge is 0.0686 e. The maximum Gasteiger partial charge on any atom is 0.0941 e. The Morgan fingerprint density at radius 1 is 1.33 bits per heavy atom. The van der Waals surface area contributed by atoms with Crippen molar-refractivity contribution in [3.8, 4) is 0 Å². The highest BCUT2D eigenvalue weighted by atomic mass is 127. The lowest BCUT2D eigenvalue weighted by molar-refractivity contribution is 0.796. The molecule has 0 atom stereocenters. The Balaban J connectivity index is 3.70. The minimum absolute atomic E-state index is 0.464. The van der Waals surface area contributed by atoms with Gasteiger partial charge in [0.2, 0.25) is 0 Å². The van der Waals surface area contributed by atoms with Crippen molar-refractivity contribution in [3.05, 3.63) is 0 Å². The predicted molar refractivity (Wildman–Crippen MR) is 77.5 cm³/mol. The number of hydrogen-bond donors (Lipinski definition) is 0. The first-order chi connectivity index (χ1) is 4.00. The number of hydrogen-bond acceptors (Lipinski definition) is 0. The van der Waals surface area contributed by atoms with Crippen LogP contribution in [-0.2, 0) is 0 Å². The van der Waals surface area contributed by atoms with Gasteiger partial charge in [0, 0.05) is 0 Å². The van der Waals surface area contributed by atoms with Crippen LogP contribution in [0.15, 0.2) is 0 Å². The van der Waals surface area contributed by atoms with Gasteiger partial charge in [0.05, 0.1) is 3.36 Å². The molecule has 9 heavy (non-hydrogen) atoms. The van der Waals surface area contributed by atoms with Gasteiger partial charge in [-0.25, -0.2) is 0 Å². The molecule has 0 bridgehead atoms. The summed E-state index contributed by atoms with van der Waals surface area (Å²) in [7, 11) is 0. The SMILES string of the molecule is CCCC(I)(I)C(I)I. The Hall–Kier alpha value is 2.92. The summed E-state index contributed by atoms with van der Waals surface area (Å²) in [6.45, 7) is 2.24. The molecule has 0 N–H and O–H groups in total. The predicted octanol–water partition coefficient (Wildman–Crippen LogP) is 4.55. The maximum atomic E-state index is 2.54. The first-order valence-corrected chi connectivity index (χ1v) is 7.31. The van der Waals surface area contributed by atoms with Crippen LogP contribution in [0, 0.1) is 0 Å². The minimum Gasteiger partial charge on any atom is -0.0686 e. The van der Waals surface area contributed by atoms with Crippen molar-refractivity contribution in [3.63, 3.8) is 0 Å². The molecule has 0 aromatic heterocycles. The summed E-state index contributed by atoms with van der Waals surface area (Å²) >= 11 is 10.0. The minimum atomic E-state index is 0.464. The lowest BCUT2D eigenvalue weighted by Crippen LogP contribution is -2.17. The van der Waals surface area contributed by atoms with Crippen molar-refractivity contribution < 1.29 is 0 Å². The molecular weight excluding hydrogens is 568 g/mol. The first kappa shape index (κ1) is 11.9. The van der Waals surface area contributed by atoms with Crippen LogP contribution in [0.1, 0.15) is 19.8 Å². The van der Waals surface area contributed by atoms with E-state index in [0.717, 1.165) is 1.93 Å². The van der Waals surface area contributed by atoms with Gasteiger partial charge in [-0.05, 0) is 6.42 Å². The van der Waals surface area contributed by atoms with E-state index in [1.54, 1.807) is 0 Å². The third-order valence-electron chi connectivity index (χ3n) is 0.903. The standard InChI is InChI=1S/C5H8I4/c1-2-3-5(8,9)4(6)7/h4H,2-3H2,1H3. The van der Waals surface area contributed by atoms with E-state index in [1.165, 1.54) is 12.8 Å². The van der Waals surface area contributed by atoms with Crippen LogP contribution in [0.2, 0.25) is 0 Å². The summed E-state index contributed by atoms with van der Waals surface area (Å²) < 4.78 is 1.19. The number of alkyl halides is 4. The Bertz CT molecular complexity index is 79.0. The first-order valence-electron chi connectivity index (χ1n) is 2.66. The lowest BCUT2D eigenvalue weighted by atomic mass is 10.3. The third-order valence-corrected chi connectivity index (χ3v) is 10.1. The zero-order valence-electron chi connectivity index (χ0n) is 5.00. The summed E-state index contributed by atoms with van der Waals surface area (Å²) in [5, 5.41) is 0. The highest BCUT2D eigenvalue weighted by Crippen LogP contribution is 2.43. The Morgan fingerprint density at radius 2 is 1.78 bits per heavy atom. The van der Waals surface area contributed by atoms with E-state index in [4.69, 9.17) is 0 Å². The quantitative estimate of drug-likeness (QED) is 0.342. The van der Waals surface area contributed by atoms with Gasteiger partial charge in [-0.15, -0.1) is 0 Å². The van der Waals surface area contributed by atoms with Crippen molar-refractivity contribution in [2.75, 3.05) is 0 Å². The highest BCUT2D eigenvalue weighted by molar-refractivity contribution is 14.2. The molecule has 0 heterocycles. The second kappa shape index (κ2) is 5.55. The molecule has 0 unspecified atom stereocenters. The monoisotopic (exact) mass is 576 g/mol. The fraction of sp³-hybridized carbons (Fsp3) is 1.00. The van der Waals surface area contributed by atoms with Gasteiger partial charge in [0.25, 0.3) is 0 Å². The number of rotatable bonds is 3. The molecule has 0 rings (SSSR count). The zero-order valence-corrected chi connectivity index (χ0v) is 13.6. The van der Waals surface area contributed by atoms with Crippen LogP contribution in [0.4, 0.5) is 0 Å². The molecule has 0 saturated carbocycles. The zero-order chi connectivity index (χ0) is 7.49. The molecule has 0 spiro atoms. The highest BCUT2D eigenvalue weighted by Gasteiger charge is 2.27. The second-order valence-electron chi connectivity index (χ2n) is 1.81. The van der Waals surface area contributed by atoms with E-state index in [1.807, 2.05) is 0 Å². The van der Waals surface area contributed by atoms with E-state index in [-0.39, 0.29) is 0 Å². The van der Waals surface area contributed by atoms with E-state index in [9.17, 15) is 0 Å². The fourth-order valence-electron chi connectivity index (χ4n) is 0.442. The van der Waals surface area contributed by atoms with Gasteiger partial charge in [-0.2, -0.15) is 0 Å². The summed E-state index contributed by atoms with van der Waals surface area (Å²) in [4.78, 5) is 0. The maximum absolute atomic E-state index is 2.54. The molecule has 0 nitrogen and oxygen atoms in total. The lowest BCUT2D eigenvalue weighted by Gasteiger charge is -2.21. The second-order valence-corrected chi connectivity index (χ2v) is 12.6. The summed E-state index contributed by atoms with van der Waals surface area (Å²) in [5.74, 6) is 0. The van der Waals surface area contributed by atoms with Crippen LogP contribution >= 0.6 is 90.4 Å². The molecule has 0 aliphatic rings. The van der Waals surface area contributed by atoms with Gasteiger partial charge in [-0.1, -0.05) is 104 Å². The average Bonchev–Trinajstić information content (AvgIpc) is 1.65. The summed E-state index contributed by atoms with van der Waals surface area (Å²) in [6, 6.07) is 0. The molecule has 0 amide bonds. The molecule has 0 aromatic carbocycles. The fourth-order valence-corrected chi connectivity index (χ4v) is 2.14. The topological polar surface area (TPSA) is 0 Å². The van der Waals surface area contributed by atoms with Crippen LogP contribution in [-0.4, -0.2) is 3.36 Å². The largest absolute Gasteiger partial charge is 0.0941 e. The molecule has 4 heteroatoms. The van der Waals surface area contributed by atoms with Crippen molar-refractivity contribution in [1.82, 2.24) is 0 Å². The van der Waals surface area contributed by atoms with Gasteiger partial charge in [0.15, 0.2) is 0 Å². The van der Waals surface area contributed by atoms with Crippen LogP contribution in [0.25, 0.3) is 0 Å². The molecule has 0 fully saturated rings. The molecule has 0 aromatic rings. The molecule has 0 aliphatic carbocycles. The van der Waals surface area contributed by atoms with Crippen LogP contribution in [0.5, 0.6) is 0 Å². The Labute approximate surface area is 111 Å². The van der Waals surface area contributed by atoms with Crippen molar-refractivity contribution in [1.29, 1.82) is 0 Å². The average molecular weight is 576 g/mol. The van der Waals surface area contributed by atoms with E-state index < -0.39 is 0 Å². The van der Waals surface area contributed by atoms with Gasteiger partial charge in [0.1, 0.15) is 0 Å². The van der Waals surface area contributed by atoms with Gasteiger partial charge in [-0.3, -0.25) is 0 Å². The Kier molecular flexibility index (Phi) is 7.35. The van der Waals surface area contributed by atoms with Crippen molar-refractivity contribution in [2.45, 2.75) is 23.1 Å². The summed E-state index contributed by atoms with van der Waals surface area (Å²) in [5.41, 5.74) is 0. The van der Waals surface area contributed by atoms with E-state index >= 15 is 0 Å². The molecular formula is C5H8I4. The molecule has 56 valence electrons. The van der Waals surface area contributed by atoms with Crippen LogP contribution in [0.3, 0.4) is 0 Å². The van der Waals surface area contributed by atoms with Gasteiger partial charge < -0.3 is 0 Å². The van der Waals surface area contributed by atoms with Crippen molar-refractivity contribution >= 4 is 90.4 Å². The Morgan fingerprint density at radius 3 is 1.89 bits per heavy atom. The van der Waals surface area contributed by atoms with Gasteiger partial charge >= 0.3 is 0 Å². The molecule has 0 radical (unpaired) electrons. The third kappa shape index (κ3) is 5.21. The molecule has 0 aliphatic heterocycles. The van der Waals surface area contributed by atoms with E-state index in [0.29, 0.717) is 1.43 Å². The normalized spacial score (nSPS) is 12.7. The summed E-state index contributed by atoms with van der Waals surface area (Å²) in [6.07, 6.45) is 2.60. The van der Waals surface area contributed by atoms with Crippen LogP contribution < -0.4 is 0 Å². The number of halogens is 4. The van der Waals surface area contributed by atoms with E-state index in [2.05, 4.69) is 97.3 Å². The molecule has 0 saturated heterocycles. The van der Waals surface area contributed by atoms with Crippen molar-refractivity contribution in [2.24, 2.45) is 0 Å².